The van der Waals surface area contributed by atoms with Crippen molar-refractivity contribution in [3.05, 3.63) is 53.6 Å². The van der Waals surface area contributed by atoms with Gasteiger partial charge in [-0.1, -0.05) is 19.1 Å². The average molecular weight is 376 g/mol. The molecule has 0 saturated heterocycles. The molecule has 3 rings (SSSR count). The standard InChI is InChI=1S/C18H20N2O5S/c1-2-20-26(22,23)15-6-3-13(4-7-15)9-10-19-18(21)14-5-8-16-17(11-14)25-12-24-16/h3-8,11,20H,2,9-10,12H2,1H3,(H,19,21). The molecule has 1 heterocycles. The van der Waals surface area contributed by atoms with Crippen LogP contribution in [0.3, 0.4) is 0 Å². The molecule has 0 aromatic heterocycles. The van der Waals surface area contributed by atoms with E-state index in [1.54, 1.807) is 49.4 Å². The second-order valence-electron chi connectivity index (χ2n) is 5.72. The lowest BCUT2D eigenvalue weighted by Gasteiger charge is -2.08. The van der Waals surface area contributed by atoms with Crippen LogP contribution in [-0.4, -0.2) is 34.2 Å². The first-order valence-corrected chi connectivity index (χ1v) is 9.74. The Kier molecular flexibility index (Phi) is 5.43. The number of fused-ring (bicyclic) bond motifs is 1. The highest BCUT2D eigenvalue weighted by Crippen LogP contribution is 2.32. The van der Waals surface area contributed by atoms with Gasteiger partial charge in [-0.2, -0.15) is 0 Å². The Morgan fingerprint density at radius 2 is 1.81 bits per heavy atom. The summed E-state index contributed by atoms with van der Waals surface area (Å²) in [6, 6.07) is 11.7. The molecule has 2 aromatic carbocycles. The Hall–Kier alpha value is -2.58. The van der Waals surface area contributed by atoms with E-state index >= 15 is 0 Å². The van der Waals surface area contributed by atoms with E-state index in [1.165, 1.54) is 0 Å². The molecule has 0 saturated carbocycles. The van der Waals surface area contributed by atoms with Crippen LogP contribution in [0.25, 0.3) is 0 Å². The lowest BCUT2D eigenvalue weighted by Crippen LogP contribution is -2.25. The number of carbonyl (C=O) groups is 1. The third-order valence-electron chi connectivity index (χ3n) is 3.90. The van der Waals surface area contributed by atoms with Gasteiger partial charge in [0.25, 0.3) is 5.91 Å². The van der Waals surface area contributed by atoms with Crippen LogP contribution in [-0.2, 0) is 16.4 Å². The van der Waals surface area contributed by atoms with E-state index in [2.05, 4.69) is 10.0 Å². The normalized spacial score (nSPS) is 12.8. The monoisotopic (exact) mass is 376 g/mol. The molecule has 138 valence electrons. The fourth-order valence-corrected chi connectivity index (χ4v) is 3.61. The van der Waals surface area contributed by atoms with Gasteiger partial charge in [-0.25, -0.2) is 13.1 Å². The highest BCUT2D eigenvalue weighted by Gasteiger charge is 2.16. The van der Waals surface area contributed by atoms with Gasteiger partial charge in [-0.05, 0) is 42.3 Å². The molecule has 0 atom stereocenters. The van der Waals surface area contributed by atoms with Gasteiger partial charge in [0, 0.05) is 18.7 Å². The molecule has 8 heteroatoms. The number of hydrogen-bond donors (Lipinski definition) is 2. The topological polar surface area (TPSA) is 93.7 Å². The molecule has 7 nitrogen and oxygen atoms in total. The lowest BCUT2D eigenvalue weighted by molar-refractivity contribution is 0.0953. The number of carbonyl (C=O) groups excluding carboxylic acids is 1. The van der Waals surface area contributed by atoms with E-state index in [0.717, 1.165) is 5.56 Å². The number of ether oxygens (including phenoxy) is 2. The smallest absolute Gasteiger partial charge is 0.251 e. The zero-order chi connectivity index (χ0) is 18.6. The largest absolute Gasteiger partial charge is 0.454 e. The van der Waals surface area contributed by atoms with Crippen LogP contribution in [0.15, 0.2) is 47.4 Å². The Balaban J connectivity index is 1.54. The van der Waals surface area contributed by atoms with Crippen molar-refractivity contribution in [3.8, 4) is 11.5 Å². The predicted molar refractivity (Wildman–Crippen MR) is 95.9 cm³/mol. The van der Waals surface area contributed by atoms with Crippen molar-refractivity contribution in [1.82, 2.24) is 10.0 Å². The Bertz CT molecular complexity index is 894. The van der Waals surface area contributed by atoms with Crippen LogP contribution >= 0.6 is 0 Å². The van der Waals surface area contributed by atoms with E-state index in [0.29, 0.717) is 36.6 Å². The Labute approximate surface area is 152 Å². The second-order valence-corrected chi connectivity index (χ2v) is 7.49. The zero-order valence-electron chi connectivity index (χ0n) is 14.3. The minimum Gasteiger partial charge on any atom is -0.454 e. The molecule has 0 unspecified atom stereocenters. The lowest BCUT2D eigenvalue weighted by atomic mass is 10.1. The highest BCUT2D eigenvalue weighted by atomic mass is 32.2. The summed E-state index contributed by atoms with van der Waals surface area (Å²) in [4.78, 5) is 12.4. The number of rotatable bonds is 7. The maximum Gasteiger partial charge on any atom is 0.251 e. The van der Waals surface area contributed by atoms with E-state index < -0.39 is 10.0 Å². The summed E-state index contributed by atoms with van der Waals surface area (Å²) < 4.78 is 36.7. The van der Waals surface area contributed by atoms with Gasteiger partial charge < -0.3 is 14.8 Å². The number of nitrogens with one attached hydrogen (secondary N) is 2. The van der Waals surface area contributed by atoms with Crippen molar-refractivity contribution in [2.24, 2.45) is 0 Å². The summed E-state index contributed by atoms with van der Waals surface area (Å²) in [6.45, 7) is 2.68. The van der Waals surface area contributed by atoms with Gasteiger partial charge in [0.15, 0.2) is 11.5 Å². The molecule has 0 fully saturated rings. The second kappa shape index (κ2) is 7.76. The number of amides is 1. The van der Waals surface area contributed by atoms with Crippen LogP contribution in [0.4, 0.5) is 0 Å². The molecule has 1 aliphatic heterocycles. The average Bonchev–Trinajstić information content (AvgIpc) is 3.09. The van der Waals surface area contributed by atoms with Crippen LogP contribution in [0.1, 0.15) is 22.8 Å². The molecule has 2 aromatic rings. The Morgan fingerprint density at radius 1 is 1.08 bits per heavy atom. The number of sulfonamides is 1. The number of hydrogen-bond acceptors (Lipinski definition) is 5. The Morgan fingerprint density at radius 3 is 2.54 bits per heavy atom. The summed E-state index contributed by atoms with van der Waals surface area (Å²) in [5.41, 5.74) is 1.44. The van der Waals surface area contributed by atoms with Crippen LogP contribution in [0, 0.1) is 0 Å². The highest BCUT2D eigenvalue weighted by molar-refractivity contribution is 7.89. The quantitative estimate of drug-likeness (QED) is 0.767. The fourth-order valence-electron chi connectivity index (χ4n) is 2.57. The van der Waals surface area contributed by atoms with Gasteiger partial charge in [0.1, 0.15) is 0 Å². The van der Waals surface area contributed by atoms with E-state index in [1.807, 2.05) is 0 Å². The van der Waals surface area contributed by atoms with Crippen molar-refractivity contribution < 1.29 is 22.7 Å². The zero-order valence-corrected chi connectivity index (χ0v) is 15.1. The molecule has 2 N–H and O–H groups in total. The summed E-state index contributed by atoms with van der Waals surface area (Å²) in [5.74, 6) is 0.999. The van der Waals surface area contributed by atoms with Crippen molar-refractivity contribution in [3.63, 3.8) is 0 Å². The molecular weight excluding hydrogens is 356 g/mol. The van der Waals surface area contributed by atoms with Gasteiger partial charge in [-0.3, -0.25) is 4.79 Å². The minimum atomic E-state index is -3.44. The summed E-state index contributed by atoms with van der Waals surface area (Å²) in [6.07, 6.45) is 0.595. The maximum absolute atomic E-state index is 12.2. The molecular formula is C18H20N2O5S. The third kappa shape index (κ3) is 4.14. The van der Waals surface area contributed by atoms with E-state index in [-0.39, 0.29) is 17.6 Å². The van der Waals surface area contributed by atoms with Gasteiger partial charge in [-0.15, -0.1) is 0 Å². The molecule has 26 heavy (non-hydrogen) atoms. The van der Waals surface area contributed by atoms with Crippen molar-refractivity contribution in [2.75, 3.05) is 19.9 Å². The van der Waals surface area contributed by atoms with E-state index in [9.17, 15) is 13.2 Å². The maximum atomic E-state index is 12.2. The SMILES string of the molecule is CCNS(=O)(=O)c1ccc(CCNC(=O)c2ccc3c(c2)OCO3)cc1. The summed E-state index contributed by atoms with van der Waals surface area (Å²) in [7, 11) is -3.44. The van der Waals surface area contributed by atoms with Crippen molar-refractivity contribution in [2.45, 2.75) is 18.2 Å². The third-order valence-corrected chi connectivity index (χ3v) is 5.46. The molecule has 0 spiro atoms. The minimum absolute atomic E-state index is 0.167. The number of benzene rings is 2. The predicted octanol–water partition coefficient (Wildman–Crippen LogP) is 1.69. The molecule has 0 bridgehead atoms. The molecule has 1 aliphatic rings. The van der Waals surface area contributed by atoms with Crippen LogP contribution in [0.5, 0.6) is 11.5 Å². The first-order valence-electron chi connectivity index (χ1n) is 8.26. The van der Waals surface area contributed by atoms with Gasteiger partial charge in [0.05, 0.1) is 4.90 Å². The molecule has 0 radical (unpaired) electrons. The fraction of sp³-hybridized carbons (Fsp3) is 0.278. The van der Waals surface area contributed by atoms with Crippen LogP contribution < -0.4 is 19.5 Å². The van der Waals surface area contributed by atoms with E-state index in [4.69, 9.17) is 9.47 Å². The first-order chi connectivity index (χ1) is 12.5. The van der Waals surface area contributed by atoms with Crippen LogP contribution in [0.2, 0.25) is 0 Å². The summed E-state index contributed by atoms with van der Waals surface area (Å²) in [5, 5.41) is 2.84. The first kappa shape index (κ1) is 18.2. The van der Waals surface area contributed by atoms with Crippen molar-refractivity contribution in [1.29, 1.82) is 0 Å². The molecule has 1 amide bonds. The van der Waals surface area contributed by atoms with Gasteiger partial charge >= 0.3 is 0 Å². The van der Waals surface area contributed by atoms with Gasteiger partial charge in [0.2, 0.25) is 16.8 Å². The summed E-state index contributed by atoms with van der Waals surface area (Å²) >= 11 is 0. The molecule has 0 aliphatic carbocycles. The van der Waals surface area contributed by atoms with Crippen molar-refractivity contribution >= 4 is 15.9 Å².